The van der Waals surface area contributed by atoms with Gasteiger partial charge in [0.1, 0.15) is 0 Å². The fourth-order valence-corrected chi connectivity index (χ4v) is 1.21. The maximum absolute atomic E-state index is 5.40. The normalized spacial score (nSPS) is 10.9. The topological polar surface area (TPSA) is 38.0 Å². The Kier molecular flexibility index (Phi) is 7.96. The monoisotopic (exact) mass is 158 g/mol. The lowest BCUT2D eigenvalue weighted by Gasteiger charge is -2.14. The van der Waals surface area contributed by atoms with Crippen molar-refractivity contribution in [3.8, 4) is 0 Å². The Labute approximate surface area is 70.5 Å². The van der Waals surface area contributed by atoms with Gasteiger partial charge in [-0.05, 0) is 12.8 Å². The molecule has 3 N–H and O–H groups in total. The first-order valence-corrected chi connectivity index (χ1v) is 4.81. The number of nitrogens with one attached hydrogen (secondary N) is 1. The van der Waals surface area contributed by atoms with Crippen molar-refractivity contribution < 1.29 is 0 Å². The van der Waals surface area contributed by atoms with Crippen LogP contribution in [0.15, 0.2) is 0 Å². The maximum atomic E-state index is 5.40. The molecule has 0 aliphatic rings. The van der Waals surface area contributed by atoms with E-state index in [4.69, 9.17) is 5.84 Å². The minimum atomic E-state index is 0.551. The molecule has 0 saturated carbocycles. The van der Waals surface area contributed by atoms with Crippen molar-refractivity contribution in [3.05, 3.63) is 0 Å². The molecule has 68 valence electrons. The third-order valence-corrected chi connectivity index (χ3v) is 2.05. The van der Waals surface area contributed by atoms with Crippen LogP contribution in [0.2, 0.25) is 0 Å². The third-order valence-electron chi connectivity index (χ3n) is 2.05. The third kappa shape index (κ3) is 6.32. The van der Waals surface area contributed by atoms with E-state index in [1.165, 1.54) is 38.5 Å². The van der Waals surface area contributed by atoms with Crippen molar-refractivity contribution >= 4 is 0 Å². The number of nitrogens with two attached hydrogens (primary N) is 1. The van der Waals surface area contributed by atoms with Gasteiger partial charge in [0.05, 0.1) is 0 Å². The molecule has 0 aromatic rings. The summed E-state index contributed by atoms with van der Waals surface area (Å²) in [5, 5.41) is 0. The zero-order valence-electron chi connectivity index (χ0n) is 7.90. The highest BCUT2D eigenvalue weighted by Crippen LogP contribution is 2.06. The van der Waals surface area contributed by atoms with Crippen LogP contribution >= 0.6 is 0 Å². The van der Waals surface area contributed by atoms with Crippen LogP contribution in [0.5, 0.6) is 0 Å². The zero-order valence-corrected chi connectivity index (χ0v) is 7.90. The summed E-state index contributed by atoms with van der Waals surface area (Å²) in [5.41, 5.74) is 2.87. The van der Waals surface area contributed by atoms with Crippen LogP contribution < -0.4 is 11.3 Å². The van der Waals surface area contributed by atoms with Gasteiger partial charge in [-0.1, -0.05) is 39.5 Å². The SMILES string of the molecule is CCCCC(CCCC)NN. The summed E-state index contributed by atoms with van der Waals surface area (Å²) >= 11 is 0. The van der Waals surface area contributed by atoms with Crippen LogP contribution in [-0.2, 0) is 0 Å². The van der Waals surface area contributed by atoms with Crippen LogP contribution in [0.3, 0.4) is 0 Å². The summed E-state index contributed by atoms with van der Waals surface area (Å²) in [7, 11) is 0. The van der Waals surface area contributed by atoms with Crippen LogP contribution in [0.25, 0.3) is 0 Å². The lowest BCUT2D eigenvalue weighted by Crippen LogP contribution is -2.34. The first-order valence-electron chi connectivity index (χ1n) is 4.81. The lowest BCUT2D eigenvalue weighted by atomic mass is 10.0. The highest BCUT2D eigenvalue weighted by atomic mass is 15.2. The van der Waals surface area contributed by atoms with Crippen molar-refractivity contribution in [2.45, 2.75) is 58.4 Å². The van der Waals surface area contributed by atoms with E-state index in [2.05, 4.69) is 19.3 Å². The molecule has 0 spiro atoms. The number of hydrazine groups is 1. The molecule has 0 aliphatic heterocycles. The van der Waals surface area contributed by atoms with E-state index in [-0.39, 0.29) is 0 Å². The Bertz CT molecular complexity index is 66.0. The Morgan fingerprint density at radius 2 is 1.55 bits per heavy atom. The molecule has 0 aromatic heterocycles. The van der Waals surface area contributed by atoms with Crippen LogP contribution in [0, 0.1) is 0 Å². The number of hydrogen-bond donors (Lipinski definition) is 2. The van der Waals surface area contributed by atoms with Crippen molar-refractivity contribution in [3.63, 3.8) is 0 Å². The molecule has 0 saturated heterocycles. The molecule has 0 aliphatic carbocycles. The summed E-state index contributed by atoms with van der Waals surface area (Å²) in [4.78, 5) is 0. The molecule has 0 fully saturated rings. The Morgan fingerprint density at radius 3 is 1.82 bits per heavy atom. The summed E-state index contributed by atoms with van der Waals surface area (Å²) in [5.74, 6) is 5.40. The molecule has 11 heavy (non-hydrogen) atoms. The quantitative estimate of drug-likeness (QED) is 0.440. The van der Waals surface area contributed by atoms with Crippen molar-refractivity contribution in [2.75, 3.05) is 0 Å². The number of rotatable bonds is 7. The first kappa shape index (κ1) is 10.9. The van der Waals surface area contributed by atoms with Gasteiger partial charge in [0.25, 0.3) is 0 Å². The molecule has 0 radical (unpaired) electrons. The smallest absolute Gasteiger partial charge is 0.0210 e. The molecule has 2 heteroatoms. The largest absolute Gasteiger partial charge is 0.271 e. The second-order valence-corrected chi connectivity index (χ2v) is 3.15. The molecular formula is C9H22N2. The molecule has 0 unspecified atom stereocenters. The fraction of sp³-hybridized carbons (Fsp3) is 1.00. The van der Waals surface area contributed by atoms with Gasteiger partial charge in [-0.15, -0.1) is 0 Å². The predicted molar refractivity (Wildman–Crippen MR) is 50.2 cm³/mol. The van der Waals surface area contributed by atoms with Crippen LogP contribution in [0.4, 0.5) is 0 Å². The molecule has 0 aromatic carbocycles. The predicted octanol–water partition coefficient (Wildman–Crippen LogP) is 2.20. The van der Waals surface area contributed by atoms with Gasteiger partial charge in [0.2, 0.25) is 0 Å². The molecule has 2 nitrogen and oxygen atoms in total. The van der Waals surface area contributed by atoms with Gasteiger partial charge >= 0.3 is 0 Å². The van der Waals surface area contributed by atoms with E-state index in [1.807, 2.05) is 0 Å². The fourth-order valence-electron chi connectivity index (χ4n) is 1.21. The Morgan fingerprint density at radius 1 is 1.09 bits per heavy atom. The highest BCUT2D eigenvalue weighted by Gasteiger charge is 2.03. The second kappa shape index (κ2) is 8.02. The van der Waals surface area contributed by atoms with E-state index in [0.29, 0.717) is 6.04 Å². The summed E-state index contributed by atoms with van der Waals surface area (Å²) < 4.78 is 0. The maximum Gasteiger partial charge on any atom is 0.0210 e. The molecule has 0 atom stereocenters. The average Bonchev–Trinajstić information content (AvgIpc) is 2.05. The van der Waals surface area contributed by atoms with Crippen LogP contribution in [0.1, 0.15) is 52.4 Å². The minimum Gasteiger partial charge on any atom is -0.271 e. The van der Waals surface area contributed by atoms with E-state index >= 15 is 0 Å². The van der Waals surface area contributed by atoms with Gasteiger partial charge in [-0.3, -0.25) is 11.3 Å². The molecular weight excluding hydrogens is 136 g/mol. The average molecular weight is 158 g/mol. The summed E-state index contributed by atoms with van der Waals surface area (Å²) in [6, 6.07) is 0.551. The van der Waals surface area contributed by atoms with Gasteiger partial charge in [-0.2, -0.15) is 0 Å². The molecule has 0 heterocycles. The van der Waals surface area contributed by atoms with Crippen molar-refractivity contribution in [1.29, 1.82) is 0 Å². The van der Waals surface area contributed by atoms with E-state index in [9.17, 15) is 0 Å². The van der Waals surface area contributed by atoms with E-state index in [1.54, 1.807) is 0 Å². The van der Waals surface area contributed by atoms with Crippen molar-refractivity contribution in [1.82, 2.24) is 5.43 Å². The van der Waals surface area contributed by atoms with Crippen molar-refractivity contribution in [2.24, 2.45) is 5.84 Å². The van der Waals surface area contributed by atoms with E-state index in [0.717, 1.165) is 0 Å². The zero-order chi connectivity index (χ0) is 8.53. The Hall–Kier alpha value is -0.0800. The summed E-state index contributed by atoms with van der Waals surface area (Å²) in [6.45, 7) is 4.43. The van der Waals surface area contributed by atoms with Crippen LogP contribution in [-0.4, -0.2) is 6.04 Å². The van der Waals surface area contributed by atoms with Gasteiger partial charge in [0, 0.05) is 6.04 Å². The molecule has 0 rings (SSSR count). The van der Waals surface area contributed by atoms with Gasteiger partial charge in [0.15, 0.2) is 0 Å². The van der Waals surface area contributed by atoms with E-state index < -0.39 is 0 Å². The molecule has 0 amide bonds. The van der Waals surface area contributed by atoms with Gasteiger partial charge < -0.3 is 0 Å². The number of hydrogen-bond acceptors (Lipinski definition) is 2. The standard InChI is InChI=1S/C9H22N2/c1-3-5-7-9(11-10)8-6-4-2/h9,11H,3-8,10H2,1-2H3. The Balaban J connectivity index is 3.25. The first-order chi connectivity index (χ1) is 5.35. The molecule has 0 bridgehead atoms. The lowest BCUT2D eigenvalue weighted by molar-refractivity contribution is 0.436. The number of unbranched alkanes of at least 4 members (excludes halogenated alkanes) is 2. The van der Waals surface area contributed by atoms with Gasteiger partial charge in [-0.25, -0.2) is 0 Å². The summed E-state index contributed by atoms with van der Waals surface area (Å²) in [6.07, 6.45) is 7.58. The highest BCUT2D eigenvalue weighted by molar-refractivity contribution is 4.62. The minimum absolute atomic E-state index is 0.551. The second-order valence-electron chi connectivity index (χ2n) is 3.15.